The second-order valence-corrected chi connectivity index (χ2v) is 30.3. The van der Waals surface area contributed by atoms with Gasteiger partial charge in [0.25, 0.3) is 0 Å². The highest BCUT2D eigenvalue weighted by Crippen LogP contribution is 2.61. The first kappa shape index (κ1) is 88.6. The molecule has 0 aromatic rings. The van der Waals surface area contributed by atoms with E-state index in [4.69, 9.17) is 37.5 Å². The van der Waals surface area contributed by atoms with Crippen LogP contribution < -0.4 is 0 Å². The van der Waals surface area contributed by atoms with Crippen molar-refractivity contribution in [3.05, 3.63) is 128 Å². The van der Waals surface area contributed by atoms with E-state index in [9.17, 15) is 59.5 Å². The van der Waals surface area contributed by atoms with Crippen molar-refractivity contribution in [3.8, 4) is 0 Å². The molecule has 98 heavy (non-hydrogen) atoms. The van der Waals surface area contributed by atoms with Gasteiger partial charge in [-0.2, -0.15) is 4.31 Å². The Balaban J connectivity index is 1.34. The first-order valence-electron chi connectivity index (χ1n) is 35.2. The summed E-state index contributed by atoms with van der Waals surface area (Å²) in [6.07, 6.45) is 20.1. The molecule has 0 radical (unpaired) electrons. The van der Waals surface area contributed by atoms with Crippen molar-refractivity contribution >= 4 is 21.6 Å². The summed E-state index contributed by atoms with van der Waals surface area (Å²) in [7, 11) is -11.0. The lowest BCUT2D eigenvalue weighted by molar-refractivity contribution is -0.372. The largest absolute Gasteiger partial charge is 0.483 e. The second-order valence-electron chi connectivity index (χ2n) is 27.3. The van der Waals surface area contributed by atoms with E-state index in [1.165, 1.54) is 64.0 Å². The molecule has 0 spiro atoms. The molecule has 0 aliphatic carbocycles. The smallest absolute Gasteiger partial charge is 0.454 e. The fourth-order valence-electron chi connectivity index (χ4n) is 11.4. The normalized spacial score (nSPS) is 29.4. The van der Waals surface area contributed by atoms with Gasteiger partial charge in [-0.05, 0) is 225 Å². The van der Waals surface area contributed by atoms with E-state index in [1.807, 2.05) is 6.92 Å². The standard InChI is InChI=1S/C75H124O21P2/c1-16-49(2)27-17-28-50(3)29-18-30-51(4)31-19-32-52(5)33-20-34-53(6)35-21-36-54(7)37-22-38-55(8)39-23-40-56(9)41-24-42-57(10)43-25-44-58(11)45-26-46-59(12)48-88-97(84,85)96-98(86,87)95-74-69(83)71(65(79)63(47-76)92-74)94-75-72(91-62(15)77)68(82)70(61(14)90-75)93-73-67(81)66(80)64(78)60(13)89-73/h16,28,30,32,34,36,38,40,42,44,46,60-61,63-76,78-83H,17-27,29,31,33,35,37,39,41,43,45,47-48H2,1-15H3,(H,84,85)(H,86,87)/b49-16-,50-28-,51-30-,52-32-,53-34-,54-36-,55-38-,56-40-,57-42+,58-44+,59-46+/t60-,61-,63+,64+,65+,66+,67-,68+,69+,70+,71-,72-,73-,74+,75-/m0/s1. The van der Waals surface area contributed by atoms with Gasteiger partial charge in [-0.15, -0.1) is 0 Å². The molecule has 3 aliphatic heterocycles. The van der Waals surface area contributed by atoms with Crippen molar-refractivity contribution in [2.24, 2.45) is 0 Å². The Labute approximate surface area is 586 Å². The van der Waals surface area contributed by atoms with Crippen LogP contribution in [0.15, 0.2) is 128 Å². The maximum atomic E-state index is 13.2. The van der Waals surface area contributed by atoms with E-state index in [0.29, 0.717) is 18.4 Å². The third-order valence-electron chi connectivity index (χ3n) is 18.0. The van der Waals surface area contributed by atoms with Gasteiger partial charge < -0.3 is 74.0 Å². The minimum Gasteiger partial charge on any atom is -0.454 e. The molecule has 0 amide bonds. The molecule has 0 aromatic carbocycles. The maximum absolute atomic E-state index is 13.2. The molecule has 3 heterocycles. The van der Waals surface area contributed by atoms with Gasteiger partial charge in [0.2, 0.25) is 0 Å². The van der Waals surface area contributed by atoms with E-state index >= 15 is 0 Å². The molecule has 21 nitrogen and oxygen atoms in total. The van der Waals surface area contributed by atoms with Gasteiger partial charge in [0, 0.05) is 6.92 Å². The van der Waals surface area contributed by atoms with Gasteiger partial charge in [0.05, 0.1) is 25.4 Å². The molecule has 3 saturated heterocycles. The maximum Gasteiger partial charge on any atom is 0.483 e. The van der Waals surface area contributed by atoms with Crippen LogP contribution in [-0.4, -0.2) is 157 Å². The zero-order chi connectivity index (χ0) is 73.3. The number of hydrogen-bond acceptors (Lipinski definition) is 19. The van der Waals surface area contributed by atoms with Crippen LogP contribution in [0.5, 0.6) is 0 Å². The average Bonchev–Trinajstić information content (AvgIpc) is 0.779. The van der Waals surface area contributed by atoms with Crippen molar-refractivity contribution < 1.29 is 101 Å². The fraction of sp³-hybridized carbons (Fsp3) is 0.693. The lowest BCUT2D eigenvalue weighted by Crippen LogP contribution is -2.66. The van der Waals surface area contributed by atoms with Crippen molar-refractivity contribution in [1.82, 2.24) is 0 Å². The Hall–Kier alpha value is -3.61. The Morgan fingerprint density at radius 1 is 0.388 bits per heavy atom. The Bertz CT molecular complexity index is 2880. The Morgan fingerprint density at radius 2 is 0.735 bits per heavy atom. The third kappa shape index (κ3) is 34.6. The van der Waals surface area contributed by atoms with Gasteiger partial charge in [-0.3, -0.25) is 13.8 Å². The number of hydrogen-bond donors (Lipinski definition) is 9. The summed E-state index contributed by atoms with van der Waals surface area (Å²) < 4.78 is 74.0. The summed E-state index contributed by atoms with van der Waals surface area (Å²) in [4.78, 5) is 33.3. The molecule has 560 valence electrons. The first-order valence-corrected chi connectivity index (χ1v) is 38.2. The molecule has 3 aliphatic rings. The summed E-state index contributed by atoms with van der Waals surface area (Å²) in [6, 6.07) is 0. The van der Waals surface area contributed by atoms with Gasteiger partial charge in [-0.1, -0.05) is 128 Å². The minimum atomic E-state index is -5.69. The topological polar surface area (TPSA) is 316 Å². The Kier molecular flexibility index (Phi) is 41.8. The number of phosphoric ester groups is 2. The Morgan fingerprint density at radius 3 is 1.09 bits per heavy atom. The SMILES string of the molecule is C/C=C(/C)CC/C=C(/C)CC/C=C(/C)CC/C=C(/C)CC/C=C(/C)CC/C=C(/C)CC/C=C(/C)CC/C=C(/C)CC/C=C(\C)CC/C=C(\C)CC/C=C(\C)COP(=O)(O)OP(=O)(O)O[C@H]1O[C@H](CO)[C@@H](O)[C@H](O[C@@H]2O[C@@H](C)[C@@H](O[C@@H]3O[C@@H](C)[C@@H](O)[C@@H](O)[C@@H]3O)[C@@H](O)[C@@H]2OC(C)=O)[C@H]1O. The molecule has 3 fully saturated rings. The number of carbonyl (C=O) groups excluding carboxylic acids is 1. The monoisotopic (exact) mass is 1420 g/mol. The second kappa shape index (κ2) is 46.2. The van der Waals surface area contributed by atoms with Crippen LogP contribution in [-0.2, 0) is 55.7 Å². The summed E-state index contributed by atoms with van der Waals surface area (Å²) in [5, 5.41) is 74.7. The summed E-state index contributed by atoms with van der Waals surface area (Å²) in [5.41, 5.74) is 14.7. The predicted molar refractivity (Wildman–Crippen MR) is 383 cm³/mol. The van der Waals surface area contributed by atoms with Crippen LogP contribution in [0.4, 0.5) is 0 Å². The number of aliphatic hydroxyl groups excluding tert-OH is 7. The van der Waals surface area contributed by atoms with E-state index in [1.54, 1.807) is 13.0 Å². The molecular weight excluding hydrogens is 1300 g/mol. The minimum absolute atomic E-state index is 0.477. The molecule has 3 rings (SSSR count). The van der Waals surface area contributed by atoms with Crippen molar-refractivity contribution in [2.75, 3.05) is 13.2 Å². The lowest BCUT2D eigenvalue weighted by Gasteiger charge is -2.48. The molecule has 17 atom stereocenters. The number of rotatable bonds is 43. The van der Waals surface area contributed by atoms with Gasteiger partial charge in [-0.25, -0.2) is 9.13 Å². The highest BCUT2D eigenvalue weighted by Gasteiger charge is 2.55. The fourth-order valence-corrected chi connectivity index (χ4v) is 13.6. The number of aliphatic hydroxyl groups is 7. The van der Waals surface area contributed by atoms with Crippen LogP contribution in [0.3, 0.4) is 0 Å². The molecule has 0 saturated carbocycles. The van der Waals surface area contributed by atoms with E-state index in [-0.39, 0.29) is 0 Å². The van der Waals surface area contributed by atoms with Gasteiger partial charge in [0.1, 0.15) is 54.9 Å². The number of carbonyl (C=O) groups is 1. The lowest BCUT2D eigenvalue weighted by atomic mass is 9.96. The summed E-state index contributed by atoms with van der Waals surface area (Å²) >= 11 is 0. The molecule has 0 bridgehead atoms. The number of ether oxygens (including phenoxy) is 6. The quantitative estimate of drug-likeness (QED) is 0.0156. The van der Waals surface area contributed by atoms with Crippen molar-refractivity contribution in [2.45, 2.75) is 324 Å². The summed E-state index contributed by atoms with van der Waals surface area (Å²) in [6.45, 7) is 28.2. The molecule has 23 heteroatoms. The third-order valence-corrected chi connectivity index (χ3v) is 20.6. The van der Waals surface area contributed by atoms with Crippen molar-refractivity contribution in [1.29, 1.82) is 0 Å². The number of allylic oxidation sites excluding steroid dienone is 21. The molecule has 9 N–H and O–H groups in total. The highest BCUT2D eigenvalue weighted by molar-refractivity contribution is 7.61. The van der Waals surface area contributed by atoms with E-state index in [0.717, 1.165) is 128 Å². The molecule has 2 unspecified atom stereocenters. The van der Waals surface area contributed by atoms with Crippen LogP contribution in [0.2, 0.25) is 0 Å². The number of phosphoric acid groups is 2. The van der Waals surface area contributed by atoms with Gasteiger partial charge in [0.15, 0.2) is 25.0 Å². The zero-order valence-electron chi connectivity index (χ0n) is 61.4. The van der Waals surface area contributed by atoms with Crippen LogP contribution >= 0.6 is 15.6 Å². The average molecular weight is 1420 g/mol. The molecule has 0 aromatic heterocycles. The number of esters is 1. The van der Waals surface area contributed by atoms with Crippen LogP contribution in [0.25, 0.3) is 0 Å². The first-order chi connectivity index (χ1) is 46.1. The van der Waals surface area contributed by atoms with Crippen LogP contribution in [0, 0.1) is 0 Å². The summed E-state index contributed by atoms with van der Waals surface area (Å²) in [5.74, 6) is -0.967. The van der Waals surface area contributed by atoms with E-state index in [2.05, 4.69) is 134 Å². The van der Waals surface area contributed by atoms with Crippen molar-refractivity contribution in [3.63, 3.8) is 0 Å². The predicted octanol–water partition coefficient (Wildman–Crippen LogP) is 14.5. The van der Waals surface area contributed by atoms with E-state index < -0.39 is 127 Å². The zero-order valence-corrected chi connectivity index (χ0v) is 63.2. The molecular formula is C75H124O21P2. The van der Waals surface area contributed by atoms with Gasteiger partial charge >= 0.3 is 21.6 Å². The highest BCUT2D eigenvalue weighted by atomic mass is 31.3. The van der Waals surface area contributed by atoms with Crippen LogP contribution in [0.1, 0.15) is 232 Å².